The van der Waals surface area contributed by atoms with Gasteiger partial charge in [0.15, 0.2) is 0 Å². The molecule has 0 aliphatic carbocycles. The van der Waals surface area contributed by atoms with Crippen LogP contribution in [-0.4, -0.2) is 14.3 Å². The Morgan fingerprint density at radius 3 is 1.69 bits per heavy atom. The van der Waals surface area contributed by atoms with Gasteiger partial charge in [-0.1, -0.05) is 32.6 Å². The second-order valence-electron chi connectivity index (χ2n) is 2.48. The molecule has 0 atom stereocenters. The van der Waals surface area contributed by atoms with Crippen molar-refractivity contribution >= 4 is 41.2 Å². The minimum Gasteiger partial charge on any atom is -0.195 e. The van der Waals surface area contributed by atoms with Gasteiger partial charge in [0.05, 0.1) is 0 Å². The number of hydrogen-bond donors (Lipinski definition) is 0. The van der Waals surface area contributed by atoms with Crippen molar-refractivity contribution in [3.05, 3.63) is 0 Å². The summed E-state index contributed by atoms with van der Waals surface area (Å²) in [5, 5.41) is 0. The molecule has 0 heterocycles. The van der Waals surface area contributed by atoms with Crippen molar-refractivity contribution in [3.8, 4) is 0 Å². The Balaban J connectivity index is 0. The third-order valence-electron chi connectivity index (χ3n) is 1.24. The zero-order chi connectivity index (χ0) is 10.7. The van der Waals surface area contributed by atoms with Crippen LogP contribution in [0.3, 0.4) is 0 Å². The molecule has 0 amide bonds. The summed E-state index contributed by atoms with van der Waals surface area (Å²) in [6.07, 6.45) is 6.57. The van der Waals surface area contributed by atoms with E-state index < -0.39 is 8.26 Å². The summed E-state index contributed by atoms with van der Waals surface area (Å²) < 4.78 is 18.3. The summed E-state index contributed by atoms with van der Waals surface area (Å²) in [6.45, 7) is 2.22. The monoisotopic (exact) mass is 268 g/mol. The van der Waals surface area contributed by atoms with Gasteiger partial charge in [0.25, 0.3) is 0 Å². The first-order valence-corrected chi connectivity index (χ1v) is 7.79. The molecule has 0 spiro atoms. The Morgan fingerprint density at radius 2 is 1.38 bits per heavy atom. The minimum atomic E-state index is -3.72. The highest BCUT2D eigenvalue weighted by molar-refractivity contribution is 8.31. The van der Waals surface area contributed by atoms with E-state index in [1.807, 2.05) is 0 Å². The van der Waals surface area contributed by atoms with E-state index in [-0.39, 0.29) is 0 Å². The van der Waals surface area contributed by atoms with Crippen LogP contribution in [0.25, 0.3) is 0 Å². The maximum Gasteiger partial charge on any atom is 0.317 e. The highest BCUT2D eigenvalue weighted by Gasteiger charge is 1.88. The van der Waals surface area contributed by atoms with Crippen LogP contribution in [0.4, 0.5) is 0 Å². The first kappa shape index (κ1) is 16.3. The van der Waals surface area contributed by atoms with Gasteiger partial charge in [-0.2, -0.15) is 8.42 Å². The normalized spacial score (nSPS) is 10.5. The van der Waals surface area contributed by atoms with E-state index in [2.05, 4.69) is 28.3 Å². The first-order chi connectivity index (χ1) is 5.91. The smallest absolute Gasteiger partial charge is 0.195 e. The molecule has 0 saturated carbocycles. The van der Waals surface area contributed by atoms with E-state index in [0.29, 0.717) is 0 Å². The van der Waals surface area contributed by atoms with Crippen LogP contribution in [-0.2, 0) is 8.26 Å². The molecule has 13 heavy (non-hydrogen) atoms. The van der Waals surface area contributed by atoms with Crippen molar-refractivity contribution in [3.63, 3.8) is 0 Å². The molecule has 0 aliphatic heterocycles. The van der Waals surface area contributed by atoms with Crippen LogP contribution < -0.4 is 0 Å². The topological polar surface area (TPSA) is 34.1 Å². The fourth-order valence-corrected chi connectivity index (χ4v) is 0.887. The lowest BCUT2D eigenvalue weighted by Gasteiger charge is -1.93. The summed E-state index contributed by atoms with van der Waals surface area (Å²) in [5.74, 6) is 0.837. The van der Waals surface area contributed by atoms with Crippen molar-refractivity contribution in [1.29, 1.82) is 0 Å². The Kier molecular flexibility index (Phi) is 13.6. The predicted octanol–water partition coefficient (Wildman–Crippen LogP) is 3.90. The van der Waals surface area contributed by atoms with Crippen LogP contribution in [0, 0.1) is 0 Å². The fraction of sp³-hybridized carbons (Fsp3) is 1.00. The molecule has 0 N–H and O–H groups in total. The van der Waals surface area contributed by atoms with Gasteiger partial charge >= 0.3 is 8.26 Å². The number of unbranched alkanes of at least 4 members (excludes halogenated alkanes) is 4. The minimum absolute atomic E-state index is 0.837. The lowest BCUT2D eigenvalue weighted by atomic mass is 10.2. The molecule has 6 heteroatoms. The van der Waals surface area contributed by atoms with Crippen molar-refractivity contribution in [2.75, 3.05) is 5.88 Å². The quantitative estimate of drug-likeness (QED) is 0.431. The third-order valence-corrected chi connectivity index (χ3v) is 1.50. The molecule has 0 aliphatic rings. The maximum atomic E-state index is 9.16. The highest BCUT2D eigenvalue weighted by atomic mass is 36.0. The van der Waals surface area contributed by atoms with Crippen molar-refractivity contribution in [1.82, 2.24) is 0 Å². The molecular formula is C7H15Cl3O2S. The lowest BCUT2D eigenvalue weighted by molar-refractivity contribution is 0.621. The molecule has 0 aromatic carbocycles. The van der Waals surface area contributed by atoms with Gasteiger partial charge in [-0.15, -0.1) is 11.6 Å². The fourth-order valence-electron chi connectivity index (χ4n) is 0.698. The van der Waals surface area contributed by atoms with E-state index in [1.165, 1.54) is 32.1 Å². The number of hydrogen-bond acceptors (Lipinski definition) is 2. The predicted molar refractivity (Wildman–Crippen MR) is 60.1 cm³/mol. The average molecular weight is 270 g/mol. The van der Waals surface area contributed by atoms with Crippen molar-refractivity contribution in [2.45, 2.75) is 39.0 Å². The summed E-state index contributed by atoms with van der Waals surface area (Å²) in [6, 6.07) is 0. The van der Waals surface area contributed by atoms with Crippen LogP contribution >= 0.6 is 33.0 Å². The zero-order valence-electron chi connectivity index (χ0n) is 7.60. The highest BCUT2D eigenvalue weighted by Crippen LogP contribution is 2.02. The summed E-state index contributed by atoms with van der Waals surface area (Å²) in [4.78, 5) is 0. The Hall–Kier alpha value is 0.820. The first-order valence-electron chi connectivity index (χ1n) is 4.12. The largest absolute Gasteiger partial charge is 0.317 e. The molecule has 0 radical (unpaired) electrons. The molecule has 2 nitrogen and oxygen atoms in total. The Labute approximate surface area is 94.5 Å². The van der Waals surface area contributed by atoms with E-state index in [0.717, 1.165) is 5.88 Å². The van der Waals surface area contributed by atoms with Gasteiger partial charge in [-0.05, 0) is 6.42 Å². The average Bonchev–Trinajstić information content (AvgIpc) is 1.95. The van der Waals surface area contributed by atoms with E-state index >= 15 is 0 Å². The second-order valence-corrected chi connectivity index (χ2v) is 6.53. The van der Waals surface area contributed by atoms with Gasteiger partial charge < -0.3 is 0 Å². The van der Waals surface area contributed by atoms with Crippen LogP contribution in [0.1, 0.15) is 39.0 Å². The van der Waals surface area contributed by atoms with Gasteiger partial charge in [0.1, 0.15) is 0 Å². The van der Waals surface area contributed by atoms with Gasteiger partial charge in [-0.3, -0.25) is 0 Å². The number of alkyl halides is 1. The molecule has 0 aromatic heterocycles. The van der Waals surface area contributed by atoms with Crippen LogP contribution in [0.15, 0.2) is 0 Å². The molecule has 0 fully saturated rings. The number of rotatable bonds is 5. The molecule has 0 saturated heterocycles. The molecule has 0 bridgehead atoms. The molecule has 0 rings (SSSR count). The molecule has 0 unspecified atom stereocenters. The zero-order valence-corrected chi connectivity index (χ0v) is 10.7. The van der Waals surface area contributed by atoms with E-state index in [4.69, 9.17) is 20.0 Å². The standard InChI is InChI=1S/C7H15Cl.Cl2O2S/c1-2-3-4-5-6-7-8;1-5(2,3)4/h2-7H2,1H3;. The number of halogens is 3. The third kappa shape index (κ3) is 44.3. The SMILES string of the molecule is CCCCCCCCl.O=S(=O)(Cl)Cl. The van der Waals surface area contributed by atoms with Crippen molar-refractivity contribution < 1.29 is 8.42 Å². The maximum absolute atomic E-state index is 9.16. The van der Waals surface area contributed by atoms with Crippen molar-refractivity contribution in [2.24, 2.45) is 0 Å². The van der Waals surface area contributed by atoms with Crippen LogP contribution in [0.2, 0.25) is 0 Å². The molecule has 0 aromatic rings. The van der Waals surface area contributed by atoms with Gasteiger partial charge in [0, 0.05) is 27.2 Å². The van der Waals surface area contributed by atoms with Gasteiger partial charge in [-0.25, -0.2) is 0 Å². The molecular weight excluding hydrogens is 255 g/mol. The second kappa shape index (κ2) is 10.9. The van der Waals surface area contributed by atoms with Crippen LogP contribution in [0.5, 0.6) is 0 Å². The molecule has 82 valence electrons. The van der Waals surface area contributed by atoms with E-state index in [9.17, 15) is 0 Å². The summed E-state index contributed by atoms with van der Waals surface area (Å²) >= 11 is 5.48. The Bertz CT molecular complexity index is 166. The summed E-state index contributed by atoms with van der Waals surface area (Å²) in [5.41, 5.74) is 0. The van der Waals surface area contributed by atoms with E-state index in [1.54, 1.807) is 0 Å². The lowest BCUT2D eigenvalue weighted by Crippen LogP contribution is -1.76. The Morgan fingerprint density at radius 1 is 1.00 bits per heavy atom. The summed E-state index contributed by atoms with van der Waals surface area (Å²) in [7, 11) is 4.81. The van der Waals surface area contributed by atoms with Gasteiger partial charge in [0.2, 0.25) is 0 Å².